The molecule has 90 valence electrons. The van der Waals surface area contributed by atoms with E-state index in [0.717, 1.165) is 12.8 Å². The molecule has 1 aliphatic rings. The van der Waals surface area contributed by atoms with Gasteiger partial charge in [-0.2, -0.15) is 17.4 Å². The third-order valence-electron chi connectivity index (χ3n) is 2.84. The molecule has 1 saturated heterocycles. The summed E-state index contributed by atoms with van der Waals surface area (Å²) in [5.74, 6) is 0.605. The third-order valence-corrected chi connectivity index (χ3v) is 5.04. The molecule has 2 unspecified atom stereocenters. The van der Waals surface area contributed by atoms with E-state index in [1.807, 2.05) is 13.8 Å². The quantitative estimate of drug-likeness (QED) is 0.749. The molecule has 1 rings (SSSR count). The summed E-state index contributed by atoms with van der Waals surface area (Å²) in [4.78, 5) is 0. The standard InChI is InChI=1S/C9H19ClN2O2S/c1-8(7-10)9(2)11-15(13,14)12-5-3-4-6-12/h8-9,11H,3-7H2,1-2H3. The predicted octanol–water partition coefficient (Wildman–Crippen LogP) is 1.18. The summed E-state index contributed by atoms with van der Waals surface area (Å²) >= 11 is 5.69. The normalized spacial score (nSPS) is 22.9. The van der Waals surface area contributed by atoms with E-state index < -0.39 is 10.2 Å². The van der Waals surface area contributed by atoms with Crippen LogP contribution in [0, 0.1) is 5.92 Å². The van der Waals surface area contributed by atoms with E-state index in [1.165, 1.54) is 4.31 Å². The molecule has 4 nitrogen and oxygen atoms in total. The van der Waals surface area contributed by atoms with Crippen molar-refractivity contribution in [2.24, 2.45) is 5.92 Å². The van der Waals surface area contributed by atoms with Gasteiger partial charge in [0.2, 0.25) is 0 Å². The Morgan fingerprint density at radius 3 is 2.33 bits per heavy atom. The van der Waals surface area contributed by atoms with Gasteiger partial charge in [0, 0.05) is 25.0 Å². The highest BCUT2D eigenvalue weighted by molar-refractivity contribution is 7.87. The van der Waals surface area contributed by atoms with Gasteiger partial charge in [-0.3, -0.25) is 0 Å². The minimum atomic E-state index is -3.29. The fraction of sp³-hybridized carbons (Fsp3) is 1.00. The molecule has 1 aliphatic heterocycles. The smallest absolute Gasteiger partial charge is 0.199 e. The van der Waals surface area contributed by atoms with Crippen LogP contribution < -0.4 is 4.72 Å². The molecule has 1 fully saturated rings. The van der Waals surface area contributed by atoms with Gasteiger partial charge in [-0.05, 0) is 25.7 Å². The highest BCUT2D eigenvalue weighted by Crippen LogP contribution is 2.13. The van der Waals surface area contributed by atoms with Gasteiger partial charge in [0.15, 0.2) is 0 Å². The molecule has 0 aromatic heterocycles. The monoisotopic (exact) mass is 254 g/mol. The maximum absolute atomic E-state index is 11.8. The number of nitrogens with one attached hydrogen (secondary N) is 1. The summed E-state index contributed by atoms with van der Waals surface area (Å²) in [7, 11) is -3.29. The van der Waals surface area contributed by atoms with Crippen LogP contribution in [0.4, 0.5) is 0 Å². The van der Waals surface area contributed by atoms with Gasteiger partial charge in [-0.15, -0.1) is 11.6 Å². The molecule has 2 atom stereocenters. The van der Waals surface area contributed by atoms with E-state index >= 15 is 0 Å². The van der Waals surface area contributed by atoms with Crippen LogP contribution in [0.2, 0.25) is 0 Å². The largest absolute Gasteiger partial charge is 0.279 e. The molecule has 0 aromatic rings. The molecule has 0 radical (unpaired) electrons. The number of hydrogen-bond donors (Lipinski definition) is 1. The SMILES string of the molecule is CC(CCl)C(C)NS(=O)(=O)N1CCCC1. The van der Waals surface area contributed by atoms with Crippen molar-refractivity contribution in [3.63, 3.8) is 0 Å². The van der Waals surface area contributed by atoms with Gasteiger partial charge in [0.1, 0.15) is 0 Å². The Morgan fingerprint density at radius 2 is 1.87 bits per heavy atom. The highest BCUT2D eigenvalue weighted by atomic mass is 35.5. The predicted molar refractivity (Wildman–Crippen MR) is 62.2 cm³/mol. The van der Waals surface area contributed by atoms with Gasteiger partial charge < -0.3 is 0 Å². The van der Waals surface area contributed by atoms with Crippen LogP contribution in [-0.2, 0) is 10.2 Å². The van der Waals surface area contributed by atoms with Crippen molar-refractivity contribution in [3.8, 4) is 0 Å². The fourth-order valence-electron chi connectivity index (χ4n) is 1.49. The van der Waals surface area contributed by atoms with E-state index in [9.17, 15) is 8.42 Å². The van der Waals surface area contributed by atoms with Gasteiger partial charge in [0.05, 0.1) is 0 Å². The maximum atomic E-state index is 11.8. The van der Waals surface area contributed by atoms with Gasteiger partial charge >= 0.3 is 0 Å². The van der Waals surface area contributed by atoms with Crippen molar-refractivity contribution in [3.05, 3.63) is 0 Å². The van der Waals surface area contributed by atoms with Crippen LogP contribution >= 0.6 is 11.6 Å². The summed E-state index contributed by atoms with van der Waals surface area (Å²) in [6.45, 7) is 5.06. The van der Waals surface area contributed by atoms with Crippen molar-refractivity contribution >= 4 is 21.8 Å². The minimum Gasteiger partial charge on any atom is -0.199 e. The first-order valence-electron chi connectivity index (χ1n) is 5.30. The number of rotatable bonds is 5. The second-order valence-corrected chi connectivity index (χ2v) is 6.16. The average Bonchev–Trinajstić information content (AvgIpc) is 2.69. The van der Waals surface area contributed by atoms with Crippen LogP contribution in [0.25, 0.3) is 0 Å². The van der Waals surface area contributed by atoms with Gasteiger partial charge in [-0.25, -0.2) is 0 Å². The summed E-state index contributed by atoms with van der Waals surface area (Å²) in [6.07, 6.45) is 1.92. The summed E-state index contributed by atoms with van der Waals surface area (Å²) in [6, 6.07) is -0.117. The molecule has 0 aliphatic carbocycles. The molecule has 1 heterocycles. The van der Waals surface area contributed by atoms with Crippen LogP contribution in [-0.4, -0.2) is 37.7 Å². The zero-order chi connectivity index (χ0) is 11.5. The Labute approximate surface area is 97.2 Å². The molecule has 0 spiro atoms. The molecule has 0 amide bonds. The lowest BCUT2D eigenvalue weighted by Crippen LogP contribution is -2.45. The molecular formula is C9H19ClN2O2S. The maximum Gasteiger partial charge on any atom is 0.279 e. The molecule has 0 aromatic carbocycles. The van der Waals surface area contributed by atoms with E-state index in [1.54, 1.807) is 0 Å². The summed E-state index contributed by atoms with van der Waals surface area (Å²) < 4.78 is 27.8. The molecule has 6 heteroatoms. The van der Waals surface area contributed by atoms with E-state index in [0.29, 0.717) is 19.0 Å². The number of nitrogens with zero attached hydrogens (tertiary/aromatic N) is 1. The molecule has 15 heavy (non-hydrogen) atoms. The van der Waals surface area contributed by atoms with Crippen LogP contribution in [0.3, 0.4) is 0 Å². The Balaban J connectivity index is 2.55. The lowest BCUT2D eigenvalue weighted by atomic mass is 10.1. The summed E-state index contributed by atoms with van der Waals surface area (Å²) in [5, 5.41) is 0. The molecule has 0 bridgehead atoms. The average molecular weight is 255 g/mol. The lowest BCUT2D eigenvalue weighted by molar-refractivity contribution is 0.429. The Bertz CT molecular complexity index is 288. The van der Waals surface area contributed by atoms with E-state index in [-0.39, 0.29) is 12.0 Å². The van der Waals surface area contributed by atoms with Crippen LogP contribution in [0.1, 0.15) is 26.7 Å². The topological polar surface area (TPSA) is 49.4 Å². The highest BCUT2D eigenvalue weighted by Gasteiger charge is 2.27. The Kier molecular flexibility index (Phi) is 4.83. The second kappa shape index (κ2) is 5.48. The number of alkyl halides is 1. The van der Waals surface area contributed by atoms with Crippen molar-refractivity contribution < 1.29 is 8.42 Å². The van der Waals surface area contributed by atoms with Crippen molar-refractivity contribution in [1.82, 2.24) is 9.03 Å². The van der Waals surface area contributed by atoms with Crippen LogP contribution in [0.15, 0.2) is 0 Å². The minimum absolute atomic E-state index is 0.117. The lowest BCUT2D eigenvalue weighted by Gasteiger charge is -2.23. The Hall–Kier alpha value is 0.160. The van der Waals surface area contributed by atoms with E-state index in [4.69, 9.17) is 11.6 Å². The van der Waals surface area contributed by atoms with E-state index in [2.05, 4.69) is 4.72 Å². The fourth-order valence-corrected chi connectivity index (χ4v) is 3.35. The van der Waals surface area contributed by atoms with Crippen molar-refractivity contribution in [2.45, 2.75) is 32.7 Å². The van der Waals surface area contributed by atoms with Crippen LogP contribution in [0.5, 0.6) is 0 Å². The zero-order valence-corrected chi connectivity index (χ0v) is 10.8. The first-order chi connectivity index (χ1) is 6.97. The molecule has 1 N–H and O–H groups in total. The third kappa shape index (κ3) is 3.59. The van der Waals surface area contributed by atoms with Crippen molar-refractivity contribution in [1.29, 1.82) is 0 Å². The first-order valence-corrected chi connectivity index (χ1v) is 7.28. The molecule has 0 saturated carbocycles. The summed E-state index contributed by atoms with van der Waals surface area (Å²) in [5.41, 5.74) is 0. The molecular weight excluding hydrogens is 236 g/mol. The first kappa shape index (κ1) is 13.2. The number of halogens is 1. The Morgan fingerprint density at radius 1 is 1.33 bits per heavy atom. The number of hydrogen-bond acceptors (Lipinski definition) is 2. The second-order valence-electron chi connectivity index (χ2n) is 4.15. The zero-order valence-electron chi connectivity index (χ0n) is 9.24. The van der Waals surface area contributed by atoms with Gasteiger partial charge in [-0.1, -0.05) is 6.92 Å². The van der Waals surface area contributed by atoms with Crippen molar-refractivity contribution in [2.75, 3.05) is 19.0 Å². The van der Waals surface area contributed by atoms with Gasteiger partial charge in [0.25, 0.3) is 10.2 Å².